The summed E-state index contributed by atoms with van der Waals surface area (Å²) in [6, 6.07) is 0.926. The number of amides is 1. The SMILES string of the molecule is CN1C[C@@H]2CCN(C(=O)C[C@H](N)Cc3cc(F)c(F)cc3F)[C@@H]2C1.O=C(O)C=CC(=O)O. The number of carboxylic acid groups (broad SMARTS) is 2. The number of carbonyl (C=O) groups excluding carboxylic acids is 1. The van der Waals surface area contributed by atoms with Crippen LogP contribution in [0.15, 0.2) is 24.3 Å². The average Bonchev–Trinajstić information content (AvgIpc) is 3.23. The molecule has 2 aliphatic rings. The number of fused-ring (bicyclic) bond motifs is 1. The van der Waals surface area contributed by atoms with Crippen molar-refractivity contribution in [2.45, 2.75) is 31.3 Å². The third kappa shape index (κ3) is 7.06. The molecule has 0 bridgehead atoms. The van der Waals surface area contributed by atoms with Gasteiger partial charge in [-0.25, -0.2) is 22.8 Å². The van der Waals surface area contributed by atoms with E-state index in [-0.39, 0.29) is 30.4 Å². The highest BCUT2D eigenvalue weighted by Crippen LogP contribution is 2.31. The summed E-state index contributed by atoms with van der Waals surface area (Å²) in [5.41, 5.74) is 5.95. The summed E-state index contributed by atoms with van der Waals surface area (Å²) in [5.74, 6) is -5.22. The fraction of sp³-hybridized carbons (Fsp3) is 0.476. The molecule has 0 radical (unpaired) electrons. The first-order valence-corrected chi connectivity index (χ1v) is 9.98. The Balaban J connectivity index is 0.000000390. The van der Waals surface area contributed by atoms with Crippen molar-refractivity contribution in [2.24, 2.45) is 11.7 Å². The zero-order valence-electron chi connectivity index (χ0n) is 17.5. The first-order valence-electron chi connectivity index (χ1n) is 9.98. The molecule has 0 aliphatic carbocycles. The monoisotopic (exact) mass is 457 g/mol. The van der Waals surface area contributed by atoms with Gasteiger partial charge >= 0.3 is 11.9 Å². The average molecular weight is 457 g/mol. The summed E-state index contributed by atoms with van der Waals surface area (Å²) in [6.45, 7) is 2.60. The van der Waals surface area contributed by atoms with E-state index in [2.05, 4.69) is 4.90 Å². The molecule has 1 aromatic rings. The van der Waals surface area contributed by atoms with Crippen molar-refractivity contribution in [3.8, 4) is 0 Å². The van der Waals surface area contributed by atoms with Crippen LogP contribution in [0.1, 0.15) is 18.4 Å². The second-order valence-electron chi connectivity index (χ2n) is 7.96. The van der Waals surface area contributed by atoms with Gasteiger partial charge in [0.05, 0.1) is 0 Å². The summed E-state index contributed by atoms with van der Waals surface area (Å²) >= 11 is 0. The fourth-order valence-electron chi connectivity index (χ4n) is 4.04. The Hall–Kier alpha value is -2.92. The van der Waals surface area contributed by atoms with Gasteiger partial charge in [0.25, 0.3) is 0 Å². The molecular formula is C21H26F3N3O5. The number of aliphatic carboxylic acids is 2. The largest absolute Gasteiger partial charge is 0.478 e. The van der Waals surface area contributed by atoms with Gasteiger partial charge in [0.15, 0.2) is 11.6 Å². The highest BCUT2D eigenvalue weighted by atomic mass is 19.2. The van der Waals surface area contributed by atoms with Gasteiger partial charge in [0.2, 0.25) is 5.91 Å². The lowest BCUT2D eigenvalue weighted by molar-refractivity contribution is -0.134. The van der Waals surface area contributed by atoms with Gasteiger partial charge in [-0.3, -0.25) is 4.79 Å². The minimum absolute atomic E-state index is 0.00336. The number of likely N-dealkylation sites (tertiary alicyclic amines) is 2. The molecule has 0 unspecified atom stereocenters. The van der Waals surface area contributed by atoms with Gasteiger partial charge in [-0.15, -0.1) is 0 Å². The van der Waals surface area contributed by atoms with Crippen molar-refractivity contribution in [1.29, 1.82) is 0 Å². The number of benzene rings is 1. The van der Waals surface area contributed by atoms with Crippen LogP contribution in [-0.4, -0.2) is 76.6 Å². The quantitative estimate of drug-likeness (QED) is 0.434. The number of nitrogens with two attached hydrogens (primary N) is 1. The van der Waals surface area contributed by atoms with E-state index in [9.17, 15) is 27.6 Å². The fourth-order valence-corrected chi connectivity index (χ4v) is 4.04. The minimum atomic E-state index is -1.26. The molecule has 0 aromatic heterocycles. The maximum absolute atomic E-state index is 13.7. The number of carbonyl (C=O) groups is 3. The summed E-state index contributed by atoms with van der Waals surface area (Å²) < 4.78 is 39.9. The van der Waals surface area contributed by atoms with Crippen LogP contribution in [0.25, 0.3) is 0 Å². The van der Waals surface area contributed by atoms with Gasteiger partial charge in [-0.1, -0.05) is 0 Å². The maximum Gasteiger partial charge on any atom is 0.328 e. The van der Waals surface area contributed by atoms with Crippen molar-refractivity contribution < 1.29 is 37.8 Å². The Morgan fingerprint density at radius 2 is 1.69 bits per heavy atom. The van der Waals surface area contributed by atoms with Crippen molar-refractivity contribution in [1.82, 2.24) is 9.80 Å². The Morgan fingerprint density at radius 1 is 1.09 bits per heavy atom. The molecule has 2 saturated heterocycles. The molecule has 3 atom stereocenters. The number of hydrogen-bond acceptors (Lipinski definition) is 5. The summed E-state index contributed by atoms with van der Waals surface area (Å²) in [7, 11) is 2.04. The molecule has 176 valence electrons. The molecule has 2 aliphatic heterocycles. The van der Waals surface area contributed by atoms with Crippen LogP contribution in [0, 0.1) is 23.4 Å². The molecule has 1 amide bonds. The highest BCUT2D eigenvalue weighted by Gasteiger charge is 2.42. The third-order valence-electron chi connectivity index (χ3n) is 5.43. The molecule has 0 saturated carbocycles. The van der Waals surface area contributed by atoms with Crippen LogP contribution in [0.4, 0.5) is 13.2 Å². The van der Waals surface area contributed by atoms with Crippen LogP contribution in [-0.2, 0) is 20.8 Å². The van der Waals surface area contributed by atoms with Crippen LogP contribution < -0.4 is 5.73 Å². The smallest absolute Gasteiger partial charge is 0.328 e. The molecule has 11 heteroatoms. The van der Waals surface area contributed by atoms with Gasteiger partial charge in [0.1, 0.15) is 5.82 Å². The highest BCUT2D eigenvalue weighted by molar-refractivity contribution is 5.89. The number of carboxylic acids is 2. The van der Waals surface area contributed by atoms with Crippen molar-refractivity contribution in [3.05, 3.63) is 47.3 Å². The van der Waals surface area contributed by atoms with Crippen LogP contribution in [0.3, 0.4) is 0 Å². The zero-order valence-corrected chi connectivity index (χ0v) is 17.5. The third-order valence-corrected chi connectivity index (χ3v) is 5.43. The molecule has 8 nitrogen and oxygen atoms in total. The van der Waals surface area contributed by atoms with Gasteiger partial charge in [-0.05, 0) is 37.4 Å². The number of hydrogen-bond donors (Lipinski definition) is 3. The van der Waals surface area contributed by atoms with Crippen molar-refractivity contribution >= 4 is 17.8 Å². The molecule has 4 N–H and O–H groups in total. The van der Waals surface area contributed by atoms with Crippen LogP contribution in [0.5, 0.6) is 0 Å². The standard InChI is InChI=1S/C17H22F3N3O.C4H4O4/c1-22-8-10-2-3-23(16(10)9-22)17(24)6-12(21)4-11-5-14(19)15(20)7-13(11)18;5-3(6)1-2-4(7)8/h5,7,10,12,16H,2-4,6,8-9,21H2,1H3;1-2H,(H,5,6)(H,7,8)/t10-,12+,16+;/m0./s1. The van der Waals surface area contributed by atoms with E-state index in [1.54, 1.807) is 0 Å². The second kappa shape index (κ2) is 11.1. The summed E-state index contributed by atoms with van der Waals surface area (Å²) in [4.78, 5) is 35.7. The Bertz CT molecular complexity index is 880. The first kappa shape index (κ1) is 25.3. The number of rotatable bonds is 6. The summed E-state index contributed by atoms with van der Waals surface area (Å²) in [5, 5.41) is 15.6. The summed E-state index contributed by atoms with van der Waals surface area (Å²) in [6.07, 6.45) is 2.18. The Labute approximate surface area is 183 Å². The van der Waals surface area contributed by atoms with Crippen LogP contribution in [0.2, 0.25) is 0 Å². The lowest BCUT2D eigenvalue weighted by Gasteiger charge is -2.25. The van der Waals surface area contributed by atoms with E-state index in [4.69, 9.17) is 15.9 Å². The van der Waals surface area contributed by atoms with Gasteiger partial charge < -0.3 is 25.7 Å². The van der Waals surface area contributed by atoms with Crippen molar-refractivity contribution in [3.63, 3.8) is 0 Å². The Kier molecular flexibility index (Phi) is 8.79. The predicted molar refractivity (Wildman–Crippen MR) is 108 cm³/mol. The number of halogens is 3. The lowest BCUT2D eigenvalue weighted by Crippen LogP contribution is -2.42. The van der Waals surface area contributed by atoms with Crippen LogP contribution >= 0.6 is 0 Å². The predicted octanol–water partition coefficient (Wildman–Crippen LogP) is 1.24. The molecule has 3 rings (SSSR count). The van der Waals surface area contributed by atoms with E-state index in [0.29, 0.717) is 24.1 Å². The van der Waals surface area contributed by atoms with E-state index in [1.165, 1.54) is 0 Å². The van der Waals surface area contributed by atoms with Gasteiger partial charge in [0, 0.05) is 56.4 Å². The maximum atomic E-state index is 13.7. The molecule has 0 spiro atoms. The molecule has 32 heavy (non-hydrogen) atoms. The number of likely N-dealkylation sites (N-methyl/N-ethyl adjacent to an activating group) is 1. The molecule has 1 aromatic carbocycles. The first-order chi connectivity index (χ1) is 15.0. The van der Waals surface area contributed by atoms with Gasteiger partial charge in [-0.2, -0.15) is 0 Å². The van der Waals surface area contributed by atoms with E-state index >= 15 is 0 Å². The van der Waals surface area contributed by atoms with Crippen molar-refractivity contribution in [2.75, 3.05) is 26.7 Å². The van der Waals surface area contributed by atoms with E-state index in [0.717, 1.165) is 32.1 Å². The topological polar surface area (TPSA) is 124 Å². The second-order valence-corrected chi connectivity index (χ2v) is 7.96. The molecule has 2 fully saturated rings. The van der Waals surface area contributed by atoms with E-state index < -0.39 is 35.4 Å². The Morgan fingerprint density at radius 3 is 2.28 bits per heavy atom. The molecule has 2 heterocycles. The minimum Gasteiger partial charge on any atom is -0.478 e. The molecular weight excluding hydrogens is 431 g/mol. The lowest BCUT2D eigenvalue weighted by atomic mass is 10.0. The normalized spacial score (nSPS) is 21.2. The zero-order chi connectivity index (χ0) is 24.0. The number of nitrogens with zero attached hydrogens (tertiary/aromatic N) is 2. The van der Waals surface area contributed by atoms with E-state index in [1.807, 2.05) is 11.9 Å².